The van der Waals surface area contributed by atoms with E-state index in [9.17, 15) is 18.4 Å². The maximum atomic E-state index is 12.3. The smallest absolute Gasteiger partial charge is 0.326 e. The van der Waals surface area contributed by atoms with Gasteiger partial charge in [0.1, 0.15) is 6.04 Å². The summed E-state index contributed by atoms with van der Waals surface area (Å²) in [5.41, 5.74) is 1.45. The van der Waals surface area contributed by atoms with Crippen LogP contribution >= 0.6 is 0 Å². The molecule has 23 heavy (non-hydrogen) atoms. The van der Waals surface area contributed by atoms with E-state index in [1.807, 2.05) is 12.1 Å². The lowest BCUT2D eigenvalue weighted by Gasteiger charge is -2.22. The third-order valence-electron chi connectivity index (χ3n) is 4.27. The molecular formula is C17H21F2NO3. The van der Waals surface area contributed by atoms with E-state index in [2.05, 4.69) is 5.32 Å². The van der Waals surface area contributed by atoms with Crippen LogP contribution in [-0.4, -0.2) is 29.5 Å². The number of hydrogen-bond donors (Lipinski definition) is 2. The summed E-state index contributed by atoms with van der Waals surface area (Å²) in [5.74, 6) is -1.60. The molecule has 1 aromatic rings. The number of carboxylic acids is 1. The Hall–Kier alpha value is -1.98. The van der Waals surface area contributed by atoms with Gasteiger partial charge in [0.2, 0.25) is 6.43 Å². The maximum absolute atomic E-state index is 12.3. The first-order valence-corrected chi connectivity index (χ1v) is 7.89. The van der Waals surface area contributed by atoms with Crippen LogP contribution in [0.1, 0.15) is 60.4 Å². The first-order chi connectivity index (χ1) is 11.0. The van der Waals surface area contributed by atoms with Crippen molar-refractivity contribution in [2.45, 2.75) is 56.9 Å². The Balaban J connectivity index is 2.00. The molecule has 126 valence electrons. The zero-order valence-corrected chi connectivity index (χ0v) is 12.8. The molecule has 1 fully saturated rings. The van der Waals surface area contributed by atoms with Crippen LogP contribution in [0.15, 0.2) is 24.3 Å². The average Bonchev–Trinajstić information content (AvgIpc) is 2.54. The number of halogens is 2. The van der Waals surface area contributed by atoms with Crippen LogP contribution < -0.4 is 5.32 Å². The van der Waals surface area contributed by atoms with Crippen LogP contribution in [0.4, 0.5) is 8.78 Å². The minimum Gasteiger partial charge on any atom is -0.480 e. The molecule has 0 aromatic heterocycles. The summed E-state index contributed by atoms with van der Waals surface area (Å²) in [6.45, 7) is 0. The molecule has 0 saturated heterocycles. The van der Waals surface area contributed by atoms with Crippen molar-refractivity contribution in [3.8, 4) is 0 Å². The molecule has 4 nitrogen and oxygen atoms in total. The summed E-state index contributed by atoms with van der Waals surface area (Å²) in [6, 6.07) is 5.41. The fourth-order valence-electron chi connectivity index (χ4n) is 2.98. The Labute approximate surface area is 133 Å². The molecule has 0 bridgehead atoms. The van der Waals surface area contributed by atoms with Crippen LogP contribution in [0.2, 0.25) is 0 Å². The van der Waals surface area contributed by atoms with Crippen LogP contribution in [-0.2, 0) is 4.79 Å². The molecule has 1 aromatic carbocycles. The number of carbonyl (C=O) groups is 2. The second-order valence-corrected chi connectivity index (χ2v) is 5.95. The molecule has 1 unspecified atom stereocenters. The zero-order chi connectivity index (χ0) is 16.8. The van der Waals surface area contributed by atoms with Crippen molar-refractivity contribution in [3.63, 3.8) is 0 Å². The third kappa shape index (κ3) is 5.01. The molecule has 0 spiro atoms. The highest BCUT2D eigenvalue weighted by Crippen LogP contribution is 2.32. The lowest BCUT2D eigenvalue weighted by atomic mass is 9.84. The lowest BCUT2D eigenvalue weighted by Crippen LogP contribution is -2.42. The molecule has 1 aliphatic carbocycles. The third-order valence-corrected chi connectivity index (χ3v) is 4.27. The topological polar surface area (TPSA) is 66.4 Å². The average molecular weight is 325 g/mol. The van der Waals surface area contributed by atoms with E-state index < -0.39 is 30.8 Å². The van der Waals surface area contributed by atoms with Crippen LogP contribution in [0.5, 0.6) is 0 Å². The van der Waals surface area contributed by atoms with Gasteiger partial charge in [-0.1, -0.05) is 31.4 Å². The van der Waals surface area contributed by atoms with Gasteiger partial charge in [-0.25, -0.2) is 13.6 Å². The minimum atomic E-state index is -2.79. The van der Waals surface area contributed by atoms with Crippen molar-refractivity contribution in [2.75, 3.05) is 0 Å². The monoisotopic (exact) mass is 325 g/mol. The summed E-state index contributed by atoms with van der Waals surface area (Å²) in [7, 11) is 0. The number of benzene rings is 1. The zero-order valence-electron chi connectivity index (χ0n) is 12.8. The first kappa shape index (κ1) is 17.4. The Morgan fingerprint density at radius 2 is 1.74 bits per heavy atom. The van der Waals surface area contributed by atoms with Gasteiger partial charge >= 0.3 is 5.97 Å². The van der Waals surface area contributed by atoms with Crippen LogP contribution in [0, 0.1) is 0 Å². The van der Waals surface area contributed by atoms with Crippen molar-refractivity contribution >= 4 is 11.9 Å². The second-order valence-electron chi connectivity index (χ2n) is 5.95. The quantitative estimate of drug-likeness (QED) is 0.840. The predicted octanol–water partition coefficient (Wildman–Crippen LogP) is 3.57. The van der Waals surface area contributed by atoms with E-state index in [-0.39, 0.29) is 5.56 Å². The van der Waals surface area contributed by atoms with Gasteiger partial charge in [-0.2, -0.15) is 0 Å². The highest BCUT2D eigenvalue weighted by molar-refractivity contribution is 5.96. The summed E-state index contributed by atoms with van der Waals surface area (Å²) >= 11 is 0. The predicted molar refractivity (Wildman–Crippen MR) is 81.8 cm³/mol. The molecule has 1 atom stereocenters. The van der Waals surface area contributed by atoms with Gasteiger partial charge in [0.05, 0.1) is 0 Å². The van der Waals surface area contributed by atoms with Crippen molar-refractivity contribution in [1.29, 1.82) is 0 Å². The maximum Gasteiger partial charge on any atom is 0.326 e. The van der Waals surface area contributed by atoms with E-state index in [4.69, 9.17) is 5.11 Å². The number of rotatable bonds is 6. The SMILES string of the molecule is O=C(NC(CC(F)F)C(=O)O)c1ccc(C2CCCCC2)cc1. The van der Waals surface area contributed by atoms with Crippen molar-refractivity contribution in [2.24, 2.45) is 0 Å². The number of amides is 1. The van der Waals surface area contributed by atoms with Crippen molar-refractivity contribution in [1.82, 2.24) is 5.32 Å². The largest absolute Gasteiger partial charge is 0.480 e. The fraction of sp³-hybridized carbons (Fsp3) is 0.529. The fourth-order valence-corrected chi connectivity index (χ4v) is 2.98. The Morgan fingerprint density at radius 3 is 2.26 bits per heavy atom. The Kier molecular flexibility index (Phi) is 6.07. The van der Waals surface area contributed by atoms with Gasteiger partial charge in [-0.3, -0.25) is 4.79 Å². The first-order valence-electron chi connectivity index (χ1n) is 7.89. The number of alkyl halides is 2. The molecule has 1 aliphatic rings. The van der Waals surface area contributed by atoms with Crippen LogP contribution in [0.3, 0.4) is 0 Å². The van der Waals surface area contributed by atoms with E-state index >= 15 is 0 Å². The van der Waals surface area contributed by atoms with E-state index in [1.54, 1.807) is 12.1 Å². The van der Waals surface area contributed by atoms with Gasteiger partial charge in [0.15, 0.2) is 0 Å². The normalized spacial score (nSPS) is 17.0. The lowest BCUT2D eigenvalue weighted by molar-refractivity contribution is -0.140. The second kappa shape index (κ2) is 8.04. The summed E-state index contributed by atoms with van der Waals surface area (Å²) < 4.78 is 24.7. The Morgan fingerprint density at radius 1 is 1.13 bits per heavy atom. The minimum absolute atomic E-state index is 0.282. The number of carbonyl (C=O) groups excluding carboxylic acids is 1. The van der Waals surface area contributed by atoms with Crippen molar-refractivity contribution in [3.05, 3.63) is 35.4 Å². The highest BCUT2D eigenvalue weighted by atomic mass is 19.3. The van der Waals surface area contributed by atoms with E-state index in [0.29, 0.717) is 5.92 Å². The highest BCUT2D eigenvalue weighted by Gasteiger charge is 2.24. The number of nitrogens with one attached hydrogen (secondary N) is 1. The number of hydrogen-bond acceptors (Lipinski definition) is 2. The standard InChI is InChI=1S/C17H21F2NO3/c18-15(19)10-14(17(22)23)20-16(21)13-8-6-12(7-9-13)11-4-2-1-3-5-11/h6-9,11,14-15H,1-5,10H2,(H,20,21)(H,22,23). The molecule has 1 amide bonds. The Bertz CT molecular complexity index is 539. The van der Waals surface area contributed by atoms with Gasteiger partial charge in [-0.05, 0) is 36.5 Å². The van der Waals surface area contributed by atoms with Gasteiger partial charge in [-0.15, -0.1) is 0 Å². The molecule has 0 heterocycles. The van der Waals surface area contributed by atoms with Crippen LogP contribution in [0.25, 0.3) is 0 Å². The summed E-state index contributed by atoms with van der Waals surface area (Å²) in [4.78, 5) is 22.9. The molecule has 2 N–H and O–H groups in total. The van der Waals surface area contributed by atoms with Gasteiger partial charge in [0, 0.05) is 12.0 Å². The summed E-state index contributed by atoms with van der Waals surface area (Å²) in [5, 5.41) is 11.0. The van der Waals surface area contributed by atoms with Gasteiger partial charge in [0.25, 0.3) is 5.91 Å². The number of carboxylic acid groups (broad SMARTS) is 1. The number of aliphatic carboxylic acids is 1. The molecule has 0 aliphatic heterocycles. The van der Waals surface area contributed by atoms with E-state index in [0.717, 1.165) is 12.8 Å². The molecule has 6 heteroatoms. The summed E-state index contributed by atoms with van der Waals surface area (Å²) in [6.07, 6.45) is 2.27. The molecule has 1 saturated carbocycles. The molecule has 0 radical (unpaired) electrons. The molecular weight excluding hydrogens is 304 g/mol. The van der Waals surface area contributed by atoms with E-state index in [1.165, 1.54) is 24.8 Å². The molecule has 2 rings (SSSR count). The van der Waals surface area contributed by atoms with Crippen molar-refractivity contribution < 1.29 is 23.5 Å². The van der Waals surface area contributed by atoms with Gasteiger partial charge < -0.3 is 10.4 Å².